The molecule has 0 unspecified atom stereocenters. The van der Waals surface area contributed by atoms with Crippen molar-refractivity contribution in [3.05, 3.63) is 0 Å². The van der Waals surface area contributed by atoms with E-state index in [2.05, 4.69) is 0 Å². The van der Waals surface area contributed by atoms with Crippen LogP contribution < -0.4 is 0 Å². The van der Waals surface area contributed by atoms with Gasteiger partial charge in [0.25, 0.3) is 0 Å². The van der Waals surface area contributed by atoms with Crippen molar-refractivity contribution in [1.82, 2.24) is 0 Å². The fourth-order valence-corrected chi connectivity index (χ4v) is 3.36. The first-order chi connectivity index (χ1) is 9.63. The minimum absolute atomic E-state index is 0.304. The number of hydrogen-bond acceptors (Lipinski definition) is 4. The lowest BCUT2D eigenvalue weighted by Crippen LogP contribution is -1.93. The van der Waals surface area contributed by atoms with Crippen molar-refractivity contribution in [3.63, 3.8) is 0 Å². The van der Waals surface area contributed by atoms with Crippen LogP contribution in [0.4, 0.5) is 4.79 Å². The SMILES string of the molecule is O=C(O)CCCCCCCCCCCCSSC(=O)O. The molecule has 0 spiro atoms. The molecule has 0 aliphatic heterocycles. The highest BCUT2D eigenvalue weighted by Crippen LogP contribution is 2.23. The highest BCUT2D eigenvalue weighted by molar-refractivity contribution is 8.82. The van der Waals surface area contributed by atoms with Gasteiger partial charge in [0.15, 0.2) is 0 Å². The Morgan fingerprint density at radius 3 is 1.60 bits per heavy atom. The van der Waals surface area contributed by atoms with E-state index in [1.807, 2.05) is 0 Å². The predicted octanol–water partition coefficient (Wildman–Crippen LogP) is 5.42. The monoisotopic (exact) mass is 322 g/mol. The van der Waals surface area contributed by atoms with E-state index < -0.39 is 11.3 Å². The summed E-state index contributed by atoms with van der Waals surface area (Å²) in [5, 5.41) is 16.1. The molecular formula is C14H26O4S2. The largest absolute Gasteiger partial charge is 0.481 e. The molecule has 0 aromatic heterocycles. The Balaban J connectivity index is 2.99. The molecule has 20 heavy (non-hydrogen) atoms. The van der Waals surface area contributed by atoms with Gasteiger partial charge in [-0.3, -0.25) is 4.79 Å². The van der Waals surface area contributed by atoms with Crippen molar-refractivity contribution < 1.29 is 19.8 Å². The number of hydrogen-bond donors (Lipinski definition) is 2. The lowest BCUT2D eigenvalue weighted by atomic mass is 10.1. The van der Waals surface area contributed by atoms with E-state index >= 15 is 0 Å². The molecule has 0 fully saturated rings. The van der Waals surface area contributed by atoms with Gasteiger partial charge >= 0.3 is 11.3 Å². The van der Waals surface area contributed by atoms with Gasteiger partial charge in [-0.15, -0.1) is 0 Å². The molecule has 0 aromatic carbocycles. The maximum absolute atomic E-state index is 10.3. The zero-order chi connectivity index (χ0) is 15.1. The molecule has 0 bridgehead atoms. The summed E-state index contributed by atoms with van der Waals surface area (Å²) in [4.78, 5) is 20.5. The van der Waals surface area contributed by atoms with E-state index in [0.29, 0.717) is 6.42 Å². The van der Waals surface area contributed by atoms with E-state index in [1.54, 1.807) is 0 Å². The van der Waals surface area contributed by atoms with Gasteiger partial charge in [0.05, 0.1) is 0 Å². The molecule has 118 valence electrons. The van der Waals surface area contributed by atoms with Gasteiger partial charge in [0.2, 0.25) is 0 Å². The van der Waals surface area contributed by atoms with Gasteiger partial charge in [0.1, 0.15) is 0 Å². The molecule has 6 heteroatoms. The van der Waals surface area contributed by atoms with Crippen LogP contribution in [0.2, 0.25) is 0 Å². The Kier molecular flexibility index (Phi) is 14.8. The Bertz CT molecular complexity index is 234. The predicted molar refractivity (Wildman–Crippen MR) is 86.5 cm³/mol. The Morgan fingerprint density at radius 2 is 1.15 bits per heavy atom. The summed E-state index contributed by atoms with van der Waals surface area (Å²) in [6.07, 6.45) is 11.8. The number of carboxylic acids is 1. The molecule has 0 heterocycles. The number of carboxylic acid groups (broad SMARTS) is 2. The highest BCUT2D eigenvalue weighted by atomic mass is 33.1. The van der Waals surface area contributed by atoms with Crippen molar-refractivity contribution in [1.29, 1.82) is 0 Å². The van der Waals surface area contributed by atoms with Crippen molar-refractivity contribution in [2.45, 2.75) is 70.6 Å². The molecule has 2 N–H and O–H groups in total. The average Bonchev–Trinajstić information content (AvgIpc) is 2.38. The number of carbonyl (C=O) groups is 2. The summed E-state index contributed by atoms with van der Waals surface area (Å²) in [5.74, 6) is 0.227. The Hall–Kier alpha value is -0.360. The molecule has 4 nitrogen and oxygen atoms in total. The summed E-state index contributed by atoms with van der Waals surface area (Å²) in [6, 6.07) is 0. The smallest absolute Gasteiger partial charge is 0.375 e. The van der Waals surface area contributed by atoms with Crippen LogP contribution in [0.5, 0.6) is 0 Å². The fourth-order valence-electron chi connectivity index (χ4n) is 1.94. The molecule has 0 atom stereocenters. The van der Waals surface area contributed by atoms with Gasteiger partial charge in [-0.2, -0.15) is 0 Å². The second-order valence-electron chi connectivity index (χ2n) is 4.85. The molecule has 0 radical (unpaired) electrons. The third-order valence-electron chi connectivity index (χ3n) is 3.00. The third-order valence-corrected chi connectivity index (χ3v) is 5.00. The van der Waals surface area contributed by atoms with Gasteiger partial charge in [-0.1, -0.05) is 62.2 Å². The summed E-state index contributed by atoms with van der Waals surface area (Å²) < 4.78 is 0. The molecule has 0 rings (SSSR count). The average molecular weight is 322 g/mol. The van der Waals surface area contributed by atoms with Gasteiger partial charge < -0.3 is 10.2 Å². The molecule has 0 aliphatic rings. The van der Waals surface area contributed by atoms with E-state index in [9.17, 15) is 9.59 Å². The Labute approximate surface area is 129 Å². The summed E-state index contributed by atoms with van der Waals surface area (Å²) in [6.45, 7) is 0. The molecule has 0 aromatic rings. The fraction of sp³-hybridized carbons (Fsp3) is 0.857. The first kappa shape index (κ1) is 19.6. The van der Waals surface area contributed by atoms with Crippen molar-refractivity contribution in [2.24, 2.45) is 0 Å². The third kappa shape index (κ3) is 17.6. The Morgan fingerprint density at radius 1 is 0.700 bits per heavy atom. The van der Waals surface area contributed by atoms with Crippen LogP contribution in [-0.2, 0) is 4.79 Å². The summed E-state index contributed by atoms with van der Waals surface area (Å²) in [7, 11) is 2.33. The van der Waals surface area contributed by atoms with Crippen LogP contribution in [-0.4, -0.2) is 27.2 Å². The normalized spacial score (nSPS) is 10.6. The number of rotatable bonds is 14. The summed E-state index contributed by atoms with van der Waals surface area (Å²) >= 11 is 0. The number of aliphatic carboxylic acids is 1. The van der Waals surface area contributed by atoms with Crippen molar-refractivity contribution in [3.8, 4) is 0 Å². The molecule has 0 saturated heterocycles. The van der Waals surface area contributed by atoms with Crippen LogP contribution >= 0.6 is 21.6 Å². The van der Waals surface area contributed by atoms with Crippen LogP contribution in [0.3, 0.4) is 0 Å². The van der Waals surface area contributed by atoms with E-state index in [4.69, 9.17) is 10.2 Å². The minimum atomic E-state index is -0.807. The van der Waals surface area contributed by atoms with E-state index in [-0.39, 0.29) is 0 Å². The molecule has 0 amide bonds. The standard InChI is InChI=1S/C14H26O4S2/c15-13(16)11-9-7-5-3-1-2-4-6-8-10-12-19-20-14(17)18/h1-12H2,(H,15,16)(H,17,18). The lowest BCUT2D eigenvalue weighted by Gasteiger charge is -2.02. The summed E-state index contributed by atoms with van der Waals surface area (Å²) in [5.41, 5.74) is 0. The van der Waals surface area contributed by atoms with E-state index in [0.717, 1.165) is 42.2 Å². The zero-order valence-corrected chi connectivity index (χ0v) is 13.6. The maximum atomic E-state index is 10.3. The van der Waals surface area contributed by atoms with Gasteiger partial charge in [-0.05, 0) is 12.8 Å². The first-order valence-corrected chi connectivity index (χ1v) is 9.69. The van der Waals surface area contributed by atoms with Gasteiger partial charge in [0, 0.05) is 23.0 Å². The second kappa shape index (κ2) is 15.0. The van der Waals surface area contributed by atoms with Crippen molar-refractivity contribution in [2.75, 3.05) is 5.75 Å². The van der Waals surface area contributed by atoms with Crippen LogP contribution in [0, 0.1) is 0 Å². The van der Waals surface area contributed by atoms with Gasteiger partial charge in [-0.25, -0.2) is 4.79 Å². The topological polar surface area (TPSA) is 74.6 Å². The minimum Gasteiger partial charge on any atom is -0.481 e. The first-order valence-electron chi connectivity index (χ1n) is 7.37. The number of unbranched alkanes of at least 4 members (excludes halogenated alkanes) is 9. The quantitative estimate of drug-likeness (QED) is 0.328. The maximum Gasteiger partial charge on any atom is 0.375 e. The van der Waals surface area contributed by atoms with Crippen LogP contribution in [0.1, 0.15) is 70.6 Å². The highest BCUT2D eigenvalue weighted by Gasteiger charge is 1.98. The van der Waals surface area contributed by atoms with Crippen LogP contribution in [0.25, 0.3) is 0 Å². The molecule has 0 saturated carbocycles. The second-order valence-corrected chi connectivity index (χ2v) is 7.22. The lowest BCUT2D eigenvalue weighted by molar-refractivity contribution is -0.137. The van der Waals surface area contributed by atoms with E-state index in [1.165, 1.54) is 49.3 Å². The molecule has 0 aliphatic carbocycles. The van der Waals surface area contributed by atoms with Crippen LogP contribution in [0.15, 0.2) is 0 Å². The molecular weight excluding hydrogens is 296 g/mol. The zero-order valence-electron chi connectivity index (χ0n) is 12.0. The van der Waals surface area contributed by atoms with Crippen molar-refractivity contribution >= 4 is 32.9 Å².